The van der Waals surface area contributed by atoms with Gasteiger partial charge in [0.05, 0.1) is 4.47 Å². The summed E-state index contributed by atoms with van der Waals surface area (Å²) in [6.07, 6.45) is 0.307. The Bertz CT molecular complexity index is 330. The molecule has 3 N–H and O–H groups in total. The van der Waals surface area contributed by atoms with E-state index < -0.39 is 17.4 Å². The Morgan fingerprint density at radius 3 is 2.54 bits per heavy atom. The highest BCUT2D eigenvalue weighted by Crippen LogP contribution is 2.29. The molecule has 72 valence electrons. The van der Waals surface area contributed by atoms with E-state index in [4.69, 9.17) is 10.8 Å². The predicted octanol–water partition coefficient (Wildman–Crippen LogP) is 1.93. The molecule has 0 aliphatic heterocycles. The second-order valence-electron chi connectivity index (χ2n) is 2.53. The molecule has 0 radical (unpaired) electrons. The van der Waals surface area contributed by atoms with Gasteiger partial charge >= 0.3 is 0 Å². The highest BCUT2D eigenvalue weighted by atomic mass is 79.9. The first-order chi connectivity index (χ1) is 6.07. The zero-order valence-corrected chi connectivity index (χ0v) is 8.24. The summed E-state index contributed by atoms with van der Waals surface area (Å²) in [7, 11) is 0. The van der Waals surface area contributed by atoms with Crippen LogP contribution >= 0.6 is 15.9 Å². The van der Waals surface area contributed by atoms with Gasteiger partial charge in [0, 0.05) is 0 Å². The smallest absolute Gasteiger partial charge is 0.201 e. The Balaban J connectivity index is 3.24. The molecule has 1 rings (SSSR count). The van der Waals surface area contributed by atoms with Crippen molar-refractivity contribution in [2.75, 3.05) is 6.54 Å². The van der Waals surface area contributed by atoms with Crippen molar-refractivity contribution in [3.63, 3.8) is 0 Å². The van der Waals surface area contributed by atoms with E-state index in [-0.39, 0.29) is 11.0 Å². The van der Waals surface area contributed by atoms with Crippen molar-refractivity contribution in [2.45, 2.75) is 6.42 Å². The van der Waals surface area contributed by atoms with Crippen LogP contribution < -0.4 is 5.73 Å². The number of phenols is 1. The van der Waals surface area contributed by atoms with Crippen LogP contribution in [0.1, 0.15) is 5.56 Å². The number of nitrogens with two attached hydrogens (primary N) is 1. The maximum atomic E-state index is 12.9. The molecule has 0 fully saturated rings. The Morgan fingerprint density at radius 2 is 2.00 bits per heavy atom. The molecule has 0 aromatic heterocycles. The van der Waals surface area contributed by atoms with E-state index in [0.29, 0.717) is 12.0 Å². The summed E-state index contributed by atoms with van der Waals surface area (Å²) >= 11 is 2.83. The maximum absolute atomic E-state index is 12.9. The first-order valence-corrected chi connectivity index (χ1v) is 4.42. The summed E-state index contributed by atoms with van der Waals surface area (Å²) < 4.78 is 25.7. The van der Waals surface area contributed by atoms with Crippen molar-refractivity contribution in [3.8, 4) is 5.75 Å². The SMILES string of the molecule is NCCc1cc(Br)c(F)c(F)c1O. The van der Waals surface area contributed by atoms with Crippen LogP contribution in [0.25, 0.3) is 0 Å². The van der Waals surface area contributed by atoms with Gasteiger partial charge in [-0.3, -0.25) is 0 Å². The zero-order valence-electron chi connectivity index (χ0n) is 6.65. The van der Waals surface area contributed by atoms with E-state index in [9.17, 15) is 8.78 Å². The summed E-state index contributed by atoms with van der Waals surface area (Å²) in [5, 5.41) is 9.14. The number of phenolic OH excluding ortho intramolecular Hbond substituents is 1. The highest BCUT2D eigenvalue weighted by Gasteiger charge is 2.15. The molecule has 0 bridgehead atoms. The molecule has 0 saturated carbocycles. The van der Waals surface area contributed by atoms with Gasteiger partial charge in [0.2, 0.25) is 5.82 Å². The molecule has 0 atom stereocenters. The average molecular weight is 252 g/mol. The molecule has 0 aliphatic rings. The van der Waals surface area contributed by atoms with Crippen molar-refractivity contribution >= 4 is 15.9 Å². The quantitative estimate of drug-likeness (QED) is 0.790. The second kappa shape index (κ2) is 4.02. The van der Waals surface area contributed by atoms with Crippen LogP contribution in [0.3, 0.4) is 0 Å². The summed E-state index contributed by atoms with van der Waals surface area (Å²) in [6, 6.07) is 1.32. The van der Waals surface area contributed by atoms with Crippen molar-refractivity contribution in [2.24, 2.45) is 5.73 Å². The van der Waals surface area contributed by atoms with Crippen LogP contribution in [0.15, 0.2) is 10.5 Å². The highest BCUT2D eigenvalue weighted by molar-refractivity contribution is 9.10. The summed E-state index contributed by atoms with van der Waals surface area (Å²) in [4.78, 5) is 0. The molecular weight excluding hydrogens is 244 g/mol. The standard InChI is InChI=1S/C8H8BrF2NO/c9-5-3-4(1-2-12)8(13)7(11)6(5)10/h3,13H,1-2,12H2. The van der Waals surface area contributed by atoms with E-state index >= 15 is 0 Å². The molecule has 0 heterocycles. The third-order valence-corrected chi connectivity index (χ3v) is 2.21. The fraction of sp³-hybridized carbons (Fsp3) is 0.250. The molecule has 2 nitrogen and oxygen atoms in total. The van der Waals surface area contributed by atoms with Crippen molar-refractivity contribution in [1.82, 2.24) is 0 Å². The van der Waals surface area contributed by atoms with Gasteiger partial charge in [-0.1, -0.05) is 0 Å². The fourth-order valence-corrected chi connectivity index (χ4v) is 1.43. The van der Waals surface area contributed by atoms with Gasteiger partial charge < -0.3 is 10.8 Å². The van der Waals surface area contributed by atoms with Crippen LogP contribution in [0.2, 0.25) is 0 Å². The Hall–Kier alpha value is -0.680. The number of benzene rings is 1. The number of hydrogen-bond acceptors (Lipinski definition) is 2. The zero-order chi connectivity index (χ0) is 10.0. The average Bonchev–Trinajstić information content (AvgIpc) is 2.11. The molecule has 0 amide bonds. The van der Waals surface area contributed by atoms with E-state index in [0.717, 1.165) is 0 Å². The predicted molar refractivity (Wildman–Crippen MR) is 48.5 cm³/mol. The Morgan fingerprint density at radius 1 is 1.38 bits per heavy atom. The minimum absolute atomic E-state index is 0.00810. The number of rotatable bonds is 2. The van der Waals surface area contributed by atoms with Crippen LogP contribution in [0.4, 0.5) is 8.78 Å². The van der Waals surface area contributed by atoms with Crippen molar-refractivity contribution in [3.05, 3.63) is 27.7 Å². The van der Waals surface area contributed by atoms with Crippen LogP contribution in [-0.4, -0.2) is 11.7 Å². The first kappa shape index (κ1) is 10.4. The fourth-order valence-electron chi connectivity index (χ4n) is 0.981. The Labute approximate surface area is 82.5 Å². The van der Waals surface area contributed by atoms with Crippen LogP contribution in [0, 0.1) is 11.6 Å². The van der Waals surface area contributed by atoms with Gasteiger partial charge in [-0.15, -0.1) is 0 Å². The lowest BCUT2D eigenvalue weighted by Crippen LogP contribution is -2.04. The lowest BCUT2D eigenvalue weighted by molar-refractivity contribution is 0.400. The maximum Gasteiger partial charge on any atom is 0.201 e. The largest absolute Gasteiger partial charge is 0.505 e. The lowest BCUT2D eigenvalue weighted by atomic mass is 10.1. The first-order valence-electron chi connectivity index (χ1n) is 3.63. The molecule has 0 spiro atoms. The van der Waals surface area contributed by atoms with E-state index in [2.05, 4.69) is 15.9 Å². The third-order valence-electron chi connectivity index (χ3n) is 1.63. The summed E-state index contributed by atoms with van der Waals surface area (Å²) in [5.74, 6) is -2.98. The van der Waals surface area contributed by atoms with Crippen molar-refractivity contribution in [1.29, 1.82) is 0 Å². The molecular formula is C8H8BrF2NO. The number of hydrogen-bond donors (Lipinski definition) is 2. The monoisotopic (exact) mass is 251 g/mol. The van der Waals surface area contributed by atoms with Crippen LogP contribution in [-0.2, 0) is 6.42 Å². The van der Waals surface area contributed by atoms with Gasteiger partial charge in [0.1, 0.15) is 0 Å². The molecule has 0 aliphatic carbocycles. The number of halogens is 3. The Kier molecular flexibility index (Phi) is 3.22. The van der Waals surface area contributed by atoms with E-state index in [1.165, 1.54) is 6.07 Å². The normalized spacial score (nSPS) is 10.5. The topological polar surface area (TPSA) is 46.2 Å². The number of aromatic hydroxyl groups is 1. The second-order valence-corrected chi connectivity index (χ2v) is 3.39. The summed E-state index contributed by atoms with van der Waals surface area (Å²) in [5.41, 5.74) is 5.52. The lowest BCUT2D eigenvalue weighted by Gasteiger charge is -2.06. The van der Waals surface area contributed by atoms with Gasteiger partial charge in [0.15, 0.2) is 11.6 Å². The van der Waals surface area contributed by atoms with Gasteiger partial charge in [0.25, 0.3) is 0 Å². The van der Waals surface area contributed by atoms with E-state index in [1.54, 1.807) is 0 Å². The van der Waals surface area contributed by atoms with E-state index in [1.807, 2.05) is 0 Å². The molecule has 13 heavy (non-hydrogen) atoms. The summed E-state index contributed by atoms with van der Waals surface area (Å²) in [6.45, 7) is 0.269. The van der Waals surface area contributed by atoms with Gasteiger partial charge in [-0.05, 0) is 40.5 Å². The molecule has 0 saturated heterocycles. The molecule has 0 unspecified atom stereocenters. The minimum atomic E-state index is -1.24. The van der Waals surface area contributed by atoms with Gasteiger partial charge in [-0.25, -0.2) is 4.39 Å². The van der Waals surface area contributed by atoms with Gasteiger partial charge in [-0.2, -0.15) is 4.39 Å². The molecule has 1 aromatic carbocycles. The third kappa shape index (κ3) is 1.97. The van der Waals surface area contributed by atoms with Crippen molar-refractivity contribution < 1.29 is 13.9 Å². The molecule has 5 heteroatoms. The minimum Gasteiger partial charge on any atom is -0.505 e. The van der Waals surface area contributed by atoms with Crippen LogP contribution in [0.5, 0.6) is 5.75 Å². The molecule has 1 aromatic rings.